The Morgan fingerprint density at radius 3 is 2.86 bits per heavy atom. The van der Waals surface area contributed by atoms with Crippen LogP contribution in [0.2, 0.25) is 0 Å². The maximum Gasteiger partial charge on any atom is 0.119 e. The summed E-state index contributed by atoms with van der Waals surface area (Å²) in [5, 5.41) is 9.53. The minimum atomic E-state index is 0.321. The third-order valence-corrected chi connectivity index (χ3v) is 2.01. The number of rotatable bonds is 5. The molecule has 0 fully saturated rings. The standard InChI is InChI=1S/C11H17NO2/c1-2-14-10-5-6-11(13)9(8-10)4-3-7-12/h5-6,8,13H,2-4,7,12H2,1H3. The third kappa shape index (κ3) is 2.92. The van der Waals surface area contributed by atoms with E-state index in [1.165, 1.54) is 0 Å². The molecule has 3 N–H and O–H groups in total. The molecule has 0 unspecified atom stereocenters. The molecule has 3 nitrogen and oxygen atoms in total. The fraction of sp³-hybridized carbons (Fsp3) is 0.455. The van der Waals surface area contributed by atoms with Crippen LogP contribution in [-0.2, 0) is 6.42 Å². The lowest BCUT2D eigenvalue weighted by Crippen LogP contribution is -2.01. The molecule has 0 saturated heterocycles. The van der Waals surface area contributed by atoms with Gasteiger partial charge in [-0.2, -0.15) is 0 Å². The molecule has 1 rings (SSSR count). The van der Waals surface area contributed by atoms with E-state index in [4.69, 9.17) is 10.5 Å². The molecule has 1 aromatic carbocycles. The van der Waals surface area contributed by atoms with E-state index < -0.39 is 0 Å². The second-order valence-corrected chi connectivity index (χ2v) is 3.12. The van der Waals surface area contributed by atoms with Gasteiger partial charge in [-0.1, -0.05) is 0 Å². The number of hydrogen-bond donors (Lipinski definition) is 2. The summed E-state index contributed by atoms with van der Waals surface area (Å²) in [7, 11) is 0. The molecular weight excluding hydrogens is 178 g/mol. The topological polar surface area (TPSA) is 55.5 Å². The number of ether oxygens (including phenoxy) is 1. The molecule has 0 bridgehead atoms. The van der Waals surface area contributed by atoms with Crippen molar-refractivity contribution in [1.29, 1.82) is 0 Å². The molecule has 0 atom stereocenters. The van der Waals surface area contributed by atoms with E-state index in [2.05, 4.69) is 0 Å². The lowest BCUT2D eigenvalue weighted by atomic mass is 10.1. The Kier molecular flexibility index (Phi) is 4.26. The summed E-state index contributed by atoms with van der Waals surface area (Å²) in [4.78, 5) is 0. The molecule has 0 aliphatic carbocycles. The number of aryl methyl sites for hydroxylation is 1. The average Bonchev–Trinajstić information content (AvgIpc) is 2.19. The van der Waals surface area contributed by atoms with E-state index in [9.17, 15) is 5.11 Å². The van der Waals surface area contributed by atoms with Gasteiger partial charge >= 0.3 is 0 Å². The van der Waals surface area contributed by atoms with Crippen LogP contribution >= 0.6 is 0 Å². The summed E-state index contributed by atoms with van der Waals surface area (Å²) in [6.07, 6.45) is 1.67. The molecule has 1 aromatic rings. The zero-order valence-corrected chi connectivity index (χ0v) is 8.49. The molecule has 0 aromatic heterocycles. The molecule has 14 heavy (non-hydrogen) atoms. The predicted molar refractivity (Wildman–Crippen MR) is 56.7 cm³/mol. The van der Waals surface area contributed by atoms with Gasteiger partial charge in [-0.05, 0) is 50.1 Å². The number of aromatic hydroxyl groups is 1. The molecule has 0 spiro atoms. The van der Waals surface area contributed by atoms with Crippen molar-refractivity contribution in [3.63, 3.8) is 0 Å². The number of phenols is 1. The van der Waals surface area contributed by atoms with Crippen molar-refractivity contribution in [2.45, 2.75) is 19.8 Å². The van der Waals surface area contributed by atoms with Gasteiger partial charge in [0.15, 0.2) is 0 Å². The zero-order valence-electron chi connectivity index (χ0n) is 8.49. The summed E-state index contributed by atoms with van der Waals surface area (Å²) in [5.41, 5.74) is 6.31. The highest BCUT2D eigenvalue weighted by molar-refractivity contribution is 5.39. The SMILES string of the molecule is CCOc1ccc(O)c(CCCN)c1. The van der Waals surface area contributed by atoms with E-state index >= 15 is 0 Å². The third-order valence-electron chi connectivity index (χ3n) is 2.01. The largest absolute Gasteiger partial charge is 0.508 e. The lowest BCUT2D eigenvalue weighted by molar-refractivity contribution is 0.339. The Bertz CT molecular complexity index is 287. The van der Waals surface area contributed by atoms with Crippen molar-refractivity contribution in [3.05, 3.63) is 23.8 Å². The van der Waals surface area contributed by atoms with Crippen LogP contribution in [0.5, 0.6) is 11.5 Å². The Morgan fingerprint density at radius 1 is 1.43 bits per heavy atom. The van der Waals surface area contributed by atoms with Crippen LogP contribution in [-0.4, -0.2) is 18.3 Å². The van der Waals surface area contributed by atoms with Crippen LogP contribution in [0.15, 0.2) is 18.2 Å². The van der Waals surface area contributed by atoms with E-state index in [1.54, 1.807) is 12.1 Å². The molecule has 0 radical (unpaired) electrons. The van der Waals surface area contributed by atoms with Gasteiger partial charge < -0.3 is 15.6 Å². The Balaban J connectivity index is 2.74. The van der Waals surface area contributed by atoms with Gasteiger partial charge in [0, 0.05) is 0 Å². The summed E-state index contributed by atoms with van der Waals surface area (Å²) < 4.78 is 5.34. The van der Waals surface area contributed by atoms with Crippen molar-refractivity contribution in [1.82, 2.24) is 0 Å². The second-order valence-electron chi connectivity index (χ2n) is 3.12. The highest BCUT2D eigenvalue weighted by atomic mass is 16.5. The van der Waals surface area contributed by atoms with E-state index in [1.807, 2.05) is 13.0 Å². The van der Waals surface area contributed by atoms with Crippen molar-refractivity contribution < 1.29 is 9.84 Å². The van der Waals surface area contributed by atoms with E-state index in [0.717, 1.165) is 24.2 Å². The fourth-order valence-electron chi connectivity index (χ4n) is 1.31. The number of benzene rings is 1. The van der Waals surface area contributed by atoms with Gasteiger partial charge in [0.2, 0.25) is 0 Å². The van der Waals surface area contributed by atoms with Gasteiger partial charge in [-0.3, -0.25) is 0 Å². The van der Waals surface area contributed by atoms with Crippen molar-refractivity contribution in [2.75, 3.05) is 13.2 Å². The first-order valence-electron chi connectivity index (χ1n) is 4.92. The Hall–Kier alpha value is -1.22. The minimum absolute atomic E-state index is 0.321. The molecular formula is C11H17NO2. The van der Waals surface area contributed by atoms with Crippen LogP contribution < -0.4 is 10.5 Å². The summed E-state index contributed by atoms with van der Waals surface area (Å²) >= 11 is 0. The maximum absolute atomic E-state index is 9.53. The summed E-state index contributed by atoms with van der Waals surface area (Å²) in [6.45, 7) is 3.21. The molecule has 3 heteroatoms. The highest BCUT2D eigenvalue weighted by Gasteiger charge is 2.02. The molecule has 0 aliphatic rings. The minimum Gasteiger partial charge on any atom is -0.508 e. The smallest absolute Gasteiger partial charge is 0.119 e. The predicted octanol–water partition coefficient (Wildman–Crippen LogP) is 1.68. The zero-order chi connectivity index (χ0) is 10.4. The normalized spacial score (nSPS) is 10.1. The van der Waals surface area contributed by atoms with Gasteiger partial charge in [0.25, 0.3) is 0 Å². The van der Waals surface area contributed by atoms with Crippen LogP contribution in [0.3, 0.4) is 0 Å². The first-order valence-corrected chi connectivity index (χ1v) is 4.92. The molecule has 0 aliphatic heterocycles. The summed E-state index contributed by atoms with van der Waals surface area (Å²) in [6, 6.07) is 5.30. The quantitative estimate of drug-likeness (QED) is 0.751. The first-order chi connectivity index (χ1) is 6.77. The maximum atomic E-state index is 9.53. The monoisotopic (exact) mass is 195 g/mol. The van der Waals surface area contributed by atoms with Crippen LogP contribution in [0.25, 0.3) is 0 Å². The van der Waals surface area contributed by atoms with Crippen molar-refractivity contribution in [2.24, 2.45) is 5.73 Å². The molecule has 0 amide bonds. The highest BCUT2D eigenvalue weighted by Crippen LogP contribution is 2.23. The number of hydrogen-bond acceptors (Lipinski definition) is 3. The summed E-state index contributed by atoms with van der Waals surface area (Å²) in [5.74, 6) is 1.12. The number of phenolic OH excluding ortho intramolecular Hbond substituents is 1. The molecule has 0 heterocycles. The van der Waals surface area contributed by atoms with Crippen LogP contribution in [0.4, 0.5) is 0 Å². The van der Waals surface area contributed by atoms with Gasteiger partial charge in [0.05, 0.1) is 6.61 Å². The van der Waals surface area contributed by atoms with Gasteiger partial charge in [0.1, 0.15) is 11.5 Å². The molecule has 0 saturated carbocycles. The van der Waals surface area contributed by atoms with Crippen molar-refractivity contribution >= 4 is 0 Å². The average molecular weight is 195 g/mol. The van der Waals surface area contributed by atoms with Crippen molar-refractivity contribution in [3.8, 4) is 11.5 Å². The van der Waals surface area contributed by atoms with E-state index in [0.29, 0.717) is 18.9 Å². The van der Waals surface area contributed by atoms with Crippen LogP contribution in [0, 0.1) is 0 Å². The lowest BCUT2D eigenvalue weighted by Gasteiger charge is -2.07. The number of nitrogens with two attached hydrogens (primary N) is 1. The van der Waals surface area contributed by atoms with Crippen LogP contribution in [0.1, 0.15) is 18.9 Å². The van der Waals surface area contributed by atoms with E-state index in [-0.39, 0.29) is 0 Å². The molecule has 78 valence electrons. The van der Waals surface area contributed by atoms with Gasteiger partial charge in [-0.25, -0.2) is 0 Å². The first kappa shape index (κ1) is 10.9. The fourth-order valence-corrected chi connectivity index (χ4v) is 1.31. The van der Waals surface area contributed by atoms with Gasteiger partial charge in [-0.15, -0.1) is 0 Å². The Labute approximate surface area is 84.5 Å². The Morgan fingerprint density at radius 2 is 2.21 bits per heavy atom. The second kappa shape index (κ2) is 5.50.